The Morgan fingerprint density at radius 1 is 1.44 bits per heavy atom. The SMILES string of the molecule is Cc1ccccc1[C@H](CC(=O)O)NC(N)=O. The number of hydrogen-bond donors (Lipinski definition) is 3. The van der Waals surface area contributed by atoms with Crippen molar-refractivity contribution in [2.45, 2.75) is 19.4 Å². The Hall–Kier alpha value is -2.04. The molecule has 1 aromatic carbocycles. The molecule has 0 bridgehead atoms. The molecule has 0 aliphatic rings. The van der Waals surface area contributed by atoms with E-state index in [1.807, 2.05) is 19.1 Å². The molecule has 0 heterocycles. The van der Waals surface area contributed by atoms with E-state index < -0.39 is 18.0 Å². The van der Waals surface area contributed by atoms with E-state index in [1.54, 1.807) is 12.1 Å². The van der Waals surface area contributed by atoms with Gasteiger partial charge in [0.25, 0.3) is 0 Å². The minimum absolute atomic E-state index is 0.187. The smallest absolute Gasteiger partial charge is 0.312 e. The number of urea groups is 1. The van der Waals surface area contributed by atoms with Crippen LogP contribution >= 0.6 is 0 Å². The van der Waals surface area contributed by atoms with Gasteiger partial charge in [-0.25, -0.2) is 4.79 Å². The van der Waals surface area contributed by atoms with E-state index in [0.29, 0.717) is 0 Å². The number of nitrogens with two attached hydrogens (primary N) is 1. The Labute approximate surface area is 93.3 Å². The van der Waals surface area contributed by atoms with Gasteiger partial charge in [-0.2, -0.15) is 0 Å². The molecule has 0 saturated carbocycles. The van der Waals surface area contributed by atoms with Gasteiger partial charge in [-0.15, -0.1) is 0 Å². The summed E-state index contributed by atoms with van der Waals surface area (Å²) in [4.78, 5) is 21.5. The standard InChI is InChI=1S/C11H14N2O3/c1-7-4-2-3-5-8(7)9(6-10(14)15)13-11(12)16/h2-5,9H,6H2,1H3,(H,14,15)(H3,12,13,16)/t9-/m0/s1. The summed E-state index contributed by atoms with van der Waals surface area (Å²) in [6, 6.07) is 5.96. The van der Waals surface area contributed by atoms with Crippen molar-refractivity contribution in [1.29, 1.82) is 0 Å². The number of hydrogen-bond acceptors (Lipinski definition) is 2. The topological polar surface area (TPSA) is 92.4 Å². The first kappa shape index (κ1) is 12.0. The van der Waals surface area contributed by atoms with Gasteiger partial charge in [-0.3, -0.25) is 4.79 Å². The summed E-state index contributed by atoms with van der Waals surface area (Å²) in [6.07, 6.45) is -0.187. The third-order valence-electron chi connectivity index (χ3n) is 2.26. The van der Waals surface area contributed by atoms with Gasteiger partial charge in [0.15, 0.2) is 0 Å². The quantitative estimate of drug-likeness (QED) is 0.714. The number of carboxylic acid groups (broad SMARTS) is 1. The molecule has 0 unspecified atom stereocenters. The number of carbonyl (C=O) groups is 2. The lowest BCUT2D eigenvalue weighted by Crippen LogP contribution is -2.34. The average Bonchev–Trinajstić information content (AvgIpc) is 2.15. The maximum Gasteiger partial charge on any atom is 0.312 e. The Balaban J connectivity index is 2.96. The van der Waals surface area contributed by atoms with Gasteiger partial charge in [0.05, 0.1) is 12.5 Å². The van der Waals surface area contributed by atoms with E-state index in [9.17, 15) is 9.59 Å². The molecule has 0 spiro atoms. The minimum Gasteiger partial charge on any atom is -0.481 e. The van der Waals surface area contributed by atoms with Gasteiger partial charge in [0.1, 0.15) is 0 Å². The maximum atomic E-state index is 10.8. The lowest BCUT2D eigenvalue weighted by molar-refractivity contribution is -0.137. The maximum absolute atomic E-state index is 10.8. The molecule has 1 rings (SSSR count). The number of benzene rings is 1. The van der Waals surface area contributed by atoms with Crippen LogP contribution in [0.25, 0.3) is 0 Å². The van der Waals surface area contributed by atoms with Gasteiger partial charge in [-0.05, 0) is 18.1 Å². The van der Waals surface area contributed by atoms with E-state index >= 15 is 0 Å². The van der Waals surface area contributed by atoms with E-state index in [1.165, 1.54) is 0 Å². The van der Waals surface area contributed by atoms with Crippen molar-refractivity contribution in [2.75, 3.05) is 0 Å². The van der Waals surface area contributed by atoms with Crippen LogP contribution in [0.2, 0.25) is 0 Å². The van der Waals surface area contributed by atoms with Crippen LogP contribution in [0.15, 0.2) is 24.3 Å². The van der Waals surface area contributed by atoms with Crippen LogP contribution in [0.4, 0.5) is 4.79 Å². The summed E-state index contributed by atoms with van der Waals surface area (Å²) < 4.78 is 0. The summed E-state index contributed by atoms with van der Waals surface area (Å²) >= 11 is 0. The third-order valence-corrected chi connectivity index (χ3v) is 2.26. The van der Waals surface area contributed by atoms with Crippen molar-refractivity contribution >= 4 is 12.0 Å². The van der Waals surface area contributed by atoms with Crippen molar-refractivity contribution in [3.8, 4) is 0 Å². The molecule has 5 heteroatoms. The lowest BCUT2D eigenvalue weighted by atomic mass is 9.99. The normalized spacial score (nSPS) is 11.8. The molecule has 0 saturated heterocycles. The summed E-state index contributed by atoms with van der Waals surface area (Å²) in [5, 5.41) is 11.2. The molecule has 1 atom stereocenters. The fourth-order valence-electron chi connectivity index (χ4n) is 1.56. The fourth-order valence-corrected chi connectivity index (χ4v) is 1.56. The van der Waals surface area contributed by atoms with Crippen molar-refractivity contribution < 1.29 is 14.7 Å². The fraction of sp³-hybridized carbons (Fsp3) is 0.273. The third kappa shape index (κ3) is 3.27. The summed E-state index contributed by atoms with van der Waals surface area (Å²) in [6.45, 7) is 1.85. The van der Waals surface area contributed by atoms with Gasteiger partial charge in [0, 0.05) is 0 Å². The monoisotopic (exact) mass is 222 g/mol. The first-order valence-corrected chi connectivity index (χ1v) is 4.84. The van der Waals surface area contributed by atoms with Crippen molar-refractivity contribution in [3.05, 3.63) is 35.4 Å². The second kappa shape index (κ2) is 5.16. The zero-order valence-electron chi connectivity index (χ0n) is 8.93. The van der Waals surface area contributed by atoms with Crippen LogP contribution in [0.1, 0.15) is 23.6 Å². The summed E-state index contributed by atoms with van der Waals surface area (Å²) in [5.74, 6) is -0.984. The number of nitrogens with one attached hydrogen (secondary N) is 1. The molecule has 4 N–H and O–H groups in total. The number of aryl methyl sites for hydroxylation is 1. The zero-order valence-corrected chi connectivity index (χ0v) is 8.93. The van der Waals surface area contributed by atoms with E-state index in [2.05, 4.69) is 5.32 Å². The molecule has 5 nitrogen and oxygen atoms in total. The van der Waals surface area contributed by atoms with E-state index in [-0.39, 0.29) is 6.42 Å². The Kier molecular flexibility index (Phi) is 3.88. The Morgan fingerprint density at radius 3 is 2.56 bits per heavy atom. The number of carbonyl (C=O) groups excluding carboxylic acids is 1. The van der Waals surface area contributed by atoms with Crippen LogP contribution in [0, 0.1) is 6.92 Å². The molecule has 16 heavy (non-hydrogen) atoms. The molecule has 2 amide bonds. The highest BCUT2D eigenvalue weighted by molar-refractivity contribution is 5.74. The zero-order chi connectivity index (χ0) is 12.1. The predicted octanol–water partition coefficient (Wildman–Crippen LogP) is 1.18. The van der Waals surface area contributed by atoms with E-state index in [0.717, 1.165) is 11.1 Å². The van der Waals surface area contributed by atoms with Crippen molar-refractivity contribution in [2.24, 2.45) is 5.73 Å². The Bertz CT molecular complexity index is 388. The molecule has 0 radical (unpaired) electrons. The van der Waals surface area contributed by atoms with Crippen LogP contribution in [0.3, 0.4) is 0 Å². The van der Waals surface area contributed by atoms with E-state index in [4.69, 9.17) is 10.8 Å². The molecule has 0 aliphatic heterocycles. The van der Waals surface area contributed by atoms with Gasteiger partial charge < -0.3 is 16.2 Å². The van der Waals surface area contributed by atoms with Crippen LogP contribution < -0.4 is 11.1 Å². The average molecular weight is 222 g/mol. The van der Waals surface area contributed by atoms with Gasteiger partial charge in [-0.1, -0.05) is 24.3 Å². The predicted molar refractivity (Wildman–Crippen MR) is 58.9 cm³/mol. The van der Waals surface area contributed by atoms with Crippen LogP contribution in [-0.4, -0.2) is 17.1 Å². The molecule has 0 aromatic heterocycles. The summed E-state index contributed by atoms with van der Waals surface area (Å²) in [5.41, 5.74) is 6.70. The largest absolute Gasteiger partial charge is 0.481 e. The molecule has 0 fully saturated rings. The number of aliphatic carboxylic acids is 1. The van der Waals surface area contributed by atoms with Crippen molar-refractivity contribution in [1.82, 2.24) is 5.32 Å². The Morgan fingerprint density at radius 2 is 2.06 bits per heavy atom. The van der Waals surface area contributed by atoms with Gasteiger partial charge in [0.2, 0.25) is 0 Å². The minimum atomic E-state index is -0.984. The molecule has 86 valence electrons. The number of carboxylic acids is 1. The second-order valence-electron chi connectivity index (χ2n) is 3.52. The highest BCUT2D eigenvalue weighted by Crippen LogP contribution is 2.20. The van der Waals surface area contributed by atoms with Gasteiger partial charge >= 0.3 is 12.0 Å². The van der Waals surface area contributed by atoms with Crippen LogP contribution in [0.5, 0.6) is 0 Å². The molecule has 1 aromatic rings. The van der Waals surface area contributed by atoms with Crippen LogP contribution in [-0.2, 0) is 4.79 Å². The highest BCUT2D eigenvalue weighted by atomic mass is 16.4. The number of primary amides is 1. The van der Waals surface area contributed by atoms with Crippen molar-refractivity contribution in [3.63, 3.8) is 0 Å². The molecular formula is C11H14N2O3. The molecule has 0 aliphatic carbocycles. The second-order valence-corrected chi connectivity index (χ2v) is 3.52. The number of amides is 2. The number of rotatable bonds is 4. The first-order chi connectivity index (χ1) is 7.50. The lowest BCUT2D eigenvalue weighted by Gasteiger charge is -2.17. The highest BCUT2D eigenvalue weighted by Gasteiger charge is 2.18. The summed E-state index contributed by atoms with van der Waals surface area (Å²) in [7, 11) is 0. The molecular weight excluding hydrogens is 208 g/mol. The first-order valence-electron chi connectivity index (χ1n) is 4.84.